The molecular formula is C14H26IN5. The van der Waals surface area contributed by atoms with Crippen molar-refractivity contribution >= 4 is 29.9 Å². The number of nitrogens with zero attached hydrogens (tertiary/aromatic N) is 4. The zero-order valence-electron chi connectivity index (χ0n) is 12.9. The van der Waals surface area contributed by atoms with Gasteiger partial charge >= 0.3 is 0 Å². The number of halogens is 1. The first-order valence-electron chi connectivity index (χ1n) is 7.02. The van der Waals surface area contributed by atoms with E-state index in [-0.39, 0.29) is 24.0 Å². The van der Waals surface area contributed by atoms with Gasteiger partial charge in [-0.15, -0.1) is 24.0 Å². The summed E-state index contributed by atoms with van der Waals surface area (Å²) in [7, 11) is 1.96. The van der Waals surface area contributed by atoms with Crippen LogP contribution in [0.4, 0.5) is 0 Å². The molecule has 0 spiro atoms. The topological polar surface area (TPSA) is 45.5 Å². The van der Waals surface area contributed by atoms with Crippen LogP contribution in [0.1, 0.15) is 32.9 Å². The zero-order valence-corrected chi connectivity index (χ0v) is 15.2. The molecule has 20 heavy (non-hydrogen) atoms. The van der Waals surface area contributed by atoms with Gasteiger partial charge in [-0.2, -0.15) is 5.10 Å². The van der Waals surface area contributed by atoms with E-state index in [1.54, 1.807) is 0 Å². The van der Waals surface area contributed by atoms with E-state index in [0.29, 0.717) is 12.0 Å². The predicted octanol–water partition coefficient (Wildman–Crippen LogP) is 2.24. The minimum Gasteiger partial charge on any atom is -0.357 e. The van der Waals surface area contributed by atoms with Crippen LogP contribution in [-0.4, -0.2) is 40.3 Å². The number of nitrogens with one attached hydrogen (secondary N) is 1. The van der Waals surface area contributed by atoms with E-state index < -0.39 is 0 Å². The third-order valence-corrected chi connectivity index (χ3v) is 3.63. The molecule has 0 unspecified atom stereocenters. The second-order valence-electron chi connectivity index (χ2n) is 5.95. The highest BCUT2D eigenvalue weighted by Crippen LogP contribution is 2.28. The molecule has 0 radical (unpaired) electrons. The molecule has 1 aliphatic heterocycles. The highest BCUT2D eigenvalue weighted by atomic mass is 127. The third kappa shape index (κ3) is 4.36. The first-order chi connectivity index (χ1) is 9.02. The lowest BCUT2D eigenvalue weighted by Gasteiger charge is -2.23. The van der Waals surface area contributed by atoms with Crippen molar-refractivity contribution in [2.24, 2.45) is 17.5 Å². The van der Waals surface area contributed by atoms with Crippen molar-refractivity contribution in [3.63, 3.8) is 0 Å². The van der Waals surface area contributed by atoms with Crippen LogP contribution in [0.25, 0.3) is 0 Å². The Morgan fingerprint density at radius 2 is 2.25 bits per heavy atom. The van der Waals surface area contributed by atoms with Gasteiger partial charge in [-0.1, -0.05) is 13.8 Å². The Kier molecular flexibility index (Phi) is 6.29. The monoisotopic (exact) mass is 391 g/mol. The molecule has 114 valence electrons. The van der Waals surface area contributed by atoms with E-state index in [0.717, 1.165) is 31.3 Å². The molecule has 0 bridgehead atoms. The molecule has 6 heteroatoms. The van der Waals surface area contributed by atoms with E-state index in [9.17, 15) is 0 Å². The highest BCUT2D eigenvalue weighted by Gasteiger charge is 2.30. The predicted molar refractivity (Wildman–Crippen MR) is 93.4 cm³/mol. The molecule has 0 aromatic carbocycles. The van der Waals surface area contributed by atoms with Crippen LogP contribution in [0.2, 0.25) is 0 Å². The van der Waals surface area contributed by atoms with Gasteiger partial charge in [0.05, 0.1) is 12.2 Å². The quantitative estimate of drug-likeness (QED) is 0.489. The second kappa shape index (κ2) is 7.28. The first kappa shape index (κ1) is 17.3. The Morgan fingerprint density at radius 3 is 2.75 bits per heavy atom. The van der Waals surface area contributed by atoms with Crippen molar-refractivity contribution in [3.05, 3.63) is 18.0 Å². The van der Waals surface area contributed by atoms with Crippen molar-refractivity contribution in [3.8, 4) is 0 Å². The average Bonchev–Trinajstić information content (AvgIpc) is 2.91. The number of aliphatic imine (C=N–C) groups is 1. The minimum absolute atomic E-state index is 0. The molecule has 1 fully saturated rings. The zero-order chi connectivity index (χ0) is 13.9. The fourth-order valence-electron chi connectivity index (χ4n) is 2.43. The van der Waals surface area contributed by atoms with Gasteiger partial charge < -0.3 is 10.2 Å². The van der Waals surface area contributed by atoms with Gasteiger partial charge in [0.15, 0.2) is 5.96 Å². The minimum atomic E-state index is 0. The van der Waals surface area contributed by atoms with Crippen LogP contribution in [0.5, 0.6) is 0 Å². The molecule has 2 rings (SSSR count). The van der Waals surface area contributed by atoms with Crippen LogP contribution in [0, 0.1) is 5.41 Å². The van der Waals surface area contributed by atoms with Crippen molar-refractivity contribution in [1.82, 2.24) is 20.0 Å². The Bertz CT molecular complexity index is 452. The van der Waals surface area contributed by atoms with Crippen molar-refractivity contribution in [2.45, 2.75) is 33.7 Å². The number of rotatable bonds is 3. The fourth-order valence-corrected chi connectivity index (χ4v) is 2.43. The van der Waals surface area contributed by atoms with Crippen molar-refractivity contribution in [1.29, 1.82) is 0 Å². The summed E-state index contributed by atoms with van der Waals surface area (Å²) in [6.45, 7) is 10.5. The lowest BCUT2D eigenvalue weighted by atomic mass is 9.93. The number of aromatic nitrogens is 2. The van der Waals surface area contributed by atoms with E-state index in [1.165, 1.54) is 6.42 Å². The maximum atomic E-state index is 4.73. The Labute approximate surface area is 138 Å². The average molecular weight is 391 g/mol. The summed E-state index contributed by atoms with van der Waals surface area (Å²) in [4.78, 5) is 7.10. The molecule has 1 aromatic heterocycles. The molecule has 5 nitrogen and oxygen atoms in total. The lowest BCUT2D eigenvalue weighted by Crippen LogP contribution is -2.40. The summed E-state index contributed by atoms with van der Waals surface area (Å²) in [5, 5.41) is 7.57. The number of hydrogen-bond acceptors (Lipinski definition) is 2. The number of hydrogen-bond donors (Lipinski definition) is 1. The molecule has 0 atom stereocenters. The molecule has 1 saturated heterocycles. The Hall–Kier alpha value is -0.790. The summed E-state index contributed by atoms with van der Waals surface area (Å²) < 4.78 is 1.88. The van der Waals surface area contributed by atoms with E-state index >= 15 is 0 Å². The molecule has 1 aliphatic rings. The fraction of sp³-hybridized carbons (Fsp3) is 0.714. The van der Waals surface area contributed by atoms with Gasteiger partial charge in [0.1, 0.15) is 0 Å². The van der Waals surface area contributed by atoms with Crippen molar-refractivity contribution in [2.75, 3.05) is 19.6 Å². The Morgan fingerprint density at radius 1 is 1.50 bits per heavy atom. The standard InChI is InChI=1S/C14H25N5.HI/c1-5-15-13(19-9-7-14(2,3)11-19)16-10-12-6-8-17-18(12)4;/h6,8H,5,7,9-11H2,1-4H3,(H,15,16);1H. The van der Waals surface area contributed by atoms with Crippen LogP contribution >= 0.6 is 24.0 Å². The van der Waals surface area contributed by atoms with Gasteiger partial charge in [-0.25, -0.2) is 4.99 Å². The van der Waals surface area contributed by atoms with Crippen LogP contribution < -0.4 is 5.32 Å². The van der Waals surface area contributed by atoms with Crippen LogP contribution in [-0.2, 0) is 13.6 Å². The third-order valence-electron chi connectivity index (χ3n) is 3.63. The molecule has 0 amide bonds. The molecule has 2 heterocycles. The van der Waals surface area contributed by atoms with E-state index in [2.05, 4.69) is 36.1 Å². The molecular weight excluding hydrogens is 365 g/mol. The lowest BCUT2D eigenvalue weighted by molar-refractivity contribution is 0.370. The van der Waals surface area contributed by atoms with Crippen LogP contribution in [0.3, 0.4) is 0 Å². The largest absolute Gasteiger partial charge is 0.357 e. The SMILES string of the molecule is CCNC(=NCc1ccnn1C)N1CCC(C)(C)C1.I. The smallest absolute Gasteiger partial charge is 0.194 e. The van der Waals surface area contributed by atoms with E-state index in [1.807, 2.05) is 24.0 Å². The maximum Gasteiger partial charge on any atom is 0.194 e. The number of guanidine groups is 1. The van der Waals surface area contributed by atoms with Gasteiger partial charge in [0, 0.05) is 32.9 Å². The maximum absolute atomic E-state index is 4.73. The van der Waals surface area contributed by atoms with Gasteiger partial charge in [0.25, 0.3) is 0 Å². The first-order valence-corrected chi connectivity index (χ1v) is 7.02. The molecule has 1 aromatic rings. The molecule has 0 aliphatic carbocycles. The van der Waals surface area contributed by atoms with Gasteiger partial charge in [-0.3, -0.25) is 4.68 Å². The summed E-state index contributed by atoms with van der Waals surface area (Å²) in [6, 6.07) is 2.01. The summed E-state index contributed by atoms with van der Waals surface area (Å²) in [5.41, 5.74) is 1.52. The van der Waals surface area contributed by atoms with Gasteiger partial charge in [0.2, 0.25) is 0 Å². The Balaban J connectivity index is 0.00000200. The highest BCUT2D eigenvalue weighted by molar-refractivity contribution is 14.0. The molecule has 0 saturated carbocycles. The second-order valence-corrected chi connectivity index (χ2v) is 5.95. The molecule has 1 N–H and O–H groups in total. The number of likely N-dealkylation sites (tertiary alicyclic amines) is 1. The van der Waals surface area contributed by atoms with E-state index in [4.69, 9.17) is 4.99 Å². The summed E-state index contributed by atoms with van der Waals surface area (Å²) in [5.74, 6) is 1.02. The number of aryl methyl sites for hydroxylation is 1. The van der Waals surface area contributed by atoms with Crippen LogP contribution in [0.15, 0.2) is 17.3 Å². The normalized spacial score (nSPS) is 18.0. The summed E-state index contributed by atoms with van der Waals surface area (Å²) in [6.07, 6.45) is 3.04. The van der Waals surface area contributed by atoms with Gasteiger partial charge in [-0.05, 0) is 24.8 Å². The summed E-state index contributed by atoms with van der Waals surface area (Å²) >= 11 is 0. The van der Waals surface area contributed by atoms with Crippen molar-refractivity contribution < 1.29 is 0 Å².